The van der Waals surface area contributed by atoms with Crippen molar-refractivity contribution in [3.05, 3.63) is 60.0 Å². The number of pyridine rings is 1. The van der Waals surface area contributed by atoms with Crippen molar-refractivity contribution in [1.29, 1.82) is 0 Å². The van der Waals surface area contributed by atoms with Crippen molar-refractivity contribution in [1.82, 2.24) is 19.9 Å². The number of anilines is 2. The standard InChI is InChI=1S/C21H20ClN5O3/c1-2-20(29)27-6-5-15(10-27)30-19-8-16-18(9-23-19)24-12-25-21(16)26-14-3-4-17(22)13(7-14)11-28/h2-4,7-9,12,15,28H,1,5-6,10-11H2,(H,24,25,26). The molecule has 0 radical (unpaired) electrons. The number of nitrogens with one attached hydrogen (secondary N) is 1. The highest BCUT2D eigenvalue weighted by molar-refractivity contribution is 6.31. The first-order valence-corrected chi connectivity index (χ1v) is 9.80. The minimum Gasteiger partial charge on any atom is -0.472 e. The van der Waals surface area contributed by atoms with E-state index in [1.165, 1.54) is 12.4 Å². The highest BCUT2D eigenvalue weighted by Crippen LogP contribution is 2.28. The quantitative estimate of drug-likeness (QED) is 0.585. The Bertz CT molecular complexity index is 1110. The van der Waals surface area contributed by atoms with Gasteiger partial charge in [0.2, 0.25) is 11.8 Å². The minimum absolute atomic E-state index is 0.0994. The monoisotopic (exact) mass is 425 g/mol. The molecular weight excluding hydrogens is 406 g/mol. The number of halogens is 1. The fourth-order valence-electron chi connectivity index (χ4n) is 3.34. The number of hydrogen-bond donors (Lipinski definition) is 2. The summed E-state index contributed by atoms with van der Waals surface area (Å²) in [6, 6.07) is 7.06. The smallest absolute Gasteiger partial charge is 0.246 e. The topological polar surface area (TPSA) is 100 Å². The maximum atomic E-state index is 11.8. The van der Waals surface area contributed by atoms with E-state index < -0.39 is 0 Å². The Morgan fingerprint density at radius 2 is 2.23 bits per heavy atom. The van der Waals surface area contributed by atoms with Crippen molar-refractivity contribution in [2.24, 2.45) is 0 Å². The second kappa shape index (κ2) is 8.64. The molecule has 1 unspecified atom stereocenters. The molecule has 2 aromatic heterocycles. The van der Waals surface area contributed by atoms with E-state index in [2.05, 4.69) is 26.8 Å². The third-order valence-electron chi connectivity index (χ3n) is 4.89. The average molecular weight is 426 g/mol. The largest absolute Gasteiger partial charge is 0.472 e. The molecule has 9 heteroatoms. The van der Waals surface area contributed by atoms with Crippen LogP contribution in [0.2, 0.25) is 5.02 Å². The van der Waals surface area contributed by atoms with E-state index in [4.69, 9.17) is 16.3 Å². The van der Waals surface area contributed by atoms with Crippen LogP contribution in [0, 0.1) is 0 Å². The van der Waals surface area contributed by atoms with E-state index in [-0.39, 0.29) is 18.6 Å². The lowest BCUT2D eigenvalue weighted by molar-refractivity contribution is -0.125. The molecule has 1 aliphatic rings. The van der Waals surface area contributed by atoms with Gasteiger partial charge in [-0.3, -0.25) is 4.79 Å². The molecule has 0 saturated carbocycles. The molecule has 3 aromatic rings. The number of amides is 1. The van der Waals surface area contributed by atoms with Crippen molar-refractivity contribution in [3.63, 3.8) is 0 Å². The van der Waals surface area contributed by atoms with Crippen molar-refractivity contribution in [2.75, 3.05) is 18.4 Å². The first-order chi connectivity index (χ1) is 14.6. The van der Waals surface area contributed by atoms with E-state index in [0.29, 0.717) is 40.9 Å². The second-order valence-corrected chi connectivity index (χ2v) is 7.28. The number of carbonyl (C=O) groups is 1. The van der Waals surface area contributed by atoms with Gasteiger partial charge < -0.3 is 20.1 Å². The summed E-state index contributed by atoms with van der Waals surface area (Å²) in [7, 11) is 0. The van der Waals surface area contributed by atoms with Crippen LogP contribution in [0.4, 0.5) is 11.5 Å². The molecule has 1 fully saturated rings. The molecule has 2 N–H and O–H groups in total. The zero-order valence-corrected chi connectivity index (χ0v) is 16.8. The number of fused-ring (bicyclic) bond motifs is 1. The highest BCUT2D eigenvalue weighted by Gasteiger charge is 2.26. The number of hydrogen-bond acceptors (Lipinski definition) is 7. The van der Waals surface area contributed by atoms with E-state index in [1.807, 2.05) is 0 Å². The average Bonchev–Trinajstić information content (AvgIpc) is 3.23. The van der Waals surface area contributed by atoms with Crippen LogP contribution in [-0.2, 0) is 11.4 Å². The lowest BCUT2D eigenvalue weighted by Gasteiger charge is -2.15. The van der Waals surface area contributed by atoms with Crippen LogP contribution in [0.15, 0.2) is 49.4 Å². The number of likely N-dealkylation sites (tertiary alicyclic amines) is 1. The maximum Gasteiger partial charge on any atom is 0.246 e. The third-order valence-corrected chi connectivity index (χ3v) is 5.26. The fourth-order valence-corrected chi connectivity index (χ4v) is 3.52. The van der Waals surface area contributed by atoms with Gasteiger partial charge in [-0.1, -0.05) is 18.2 Å². The summed E-state index contributed by atoms with van der Waals surface area (Å²) in [4.78, 5) is 26.4. The SMILES string of the molecule is C=CC(=O)N1CCC(Oc2cc3c(Nc4ccc(Cl)c(CO)c4)ncnc3cn2)C1. The summed E-state index contributed by atoms with van der Waals surface area (Å²) in [5, 5.41) is 13.9. The highest BCUT2D eigenvalue weighted by atomic mass is 35.5. The Morgan fingerprint density at radius 1 is 1.37 bits per heavy atom. The Morgan fingerprint density at radius 3 is 3.03 bits per heavy atom. The van der Waals surface area contributed by atoms with E-state index in [0.717, 1.165) is 17.5 Å². The fraction of sp³-hybridized carbons (Fsp3) is 0.238. The molecule has 1 saturated heterocycles. The number of aromatic nitrogens is 3. The summed E-state index contributed by atoms with van der Waals surface area (Å²) >= 11 is 6.07. The molecule has 0 aliphatic carbocycles. The Hall–Kier alpha value is -3.23. The first kappa shape index (κ1) is 20.1. The molecule has 1 atom stereocenters. The Kier molecular flexibility index (Phi) is 5.78. The molecule has 0 spiro atoms. The van der Waals surface area contributed by atoms with Crippen LogP contribution in [0.1, 0.15) is 12.0 Å². The van der Waals surface area contributed by atoms with Gasteiger partial charge in [-0.2, -0.15) is 0 Å². The van der Waals surface area contributed by atoms with Crippen LogP contribution < -0.4 is 10.1 Å². The maximum absolute atomic E-state index is 11.8. The predicted molar refractivity (Wildman–Crippen MR) is 114 cm³/mol. The minimum atomic E-state index is -0.159. The van der Waals surface area contributed by atoms with E-state index in [1.54, 1.807) is 35.4 Å². The number of carbonyl (C=O) groups excluding carboxylic acids is 1. The number of rotatable bonds is 6. The van der Waals surface area contributed by atoms with Crippen LogP contribution in [0.25, 0.3) is 10.9 Å². The summed E-state index contributed by atoms with van der Waals surface area (Å²) in [6.07, 6.45) is 4.98. The molecule has 1 aliphatic heterocycles. The summed E-state index contributed by atoms with van der Waals surface area (Å²) < 4.78 is 5.99. The van der Waals surface area contributed by atoms with Gasteiger partial charge in [0, 0.05) is 35.1 Å². The van der Waals surface area contributed by atoms with Crippen LogP contribution in [0.3, 0.4) is 0 Å². The summed E-state index contributed by atoms with van der Waals surface area (Å²) in [5.74, 6) is 0.913. The van der Waals surface area contributed by atoms with Crippen LogP contribution in [0.5, 0.6) is 5.88 Å². The molecular formula is C21H20ClN5O3. The number of aliphatic hydroxyl groups excluding tert-OH is 1. The van der Waals surface area contributed by atoms with Crippen molar-refractivity contribution in [2.45, 2.75) is 19.1 Å². The summed E-state index contributed by atoms with van der Waals surface area (Å²) in [5.41, 5.74) is 2.01. The molecule has 30 heavy (non-hydrogen) atoms. The van der Waals surface area contributed by atoms with Gasteiger partial charge in [0.05, 0.1) is 24.9 Å². The molecule has 154 valence electrons. The zero-order valence-electron chi connectivity index (χ0n) is 16.1. The molecule has 8 nitrogen and oxygen atoms in total. The Labute approximate surface area is 178 Å². The second-order valence-electron chi connectivity index (χ2n) is 6.87. The molecule has 4 rings (SSSR count). The normalized spacial score (nSPS) is 15.9. The van der Waals surface area contributed by atoms with Gasteiger partial charge in [0.15, 0.2) is 0 Å². The van der Waals surface area contributed by atoms with Gasteiger partial charge in [-0.15, -0.1) is 0 Å². The number of benzene rings is 1. The van der Waals surface area contributed by atoms with Crippen molar-refractivity contribution in [3.8, 4) is 5.88 Å². The predicted octanol–water partition coefficient (Wildman–Crippen LogP) is 3.08. The molecule has 3 heterocycles. The van der Waals surface area contributed by atoms with Gasteiger partial charge in [0.1, 0.15) is 18.2 Å². The lowest BCUT2D eigenvalue weighted by Crippen LogP contribution is -2.29. The van der Waals surface area contributed by atoms with Gasteiger partial charge in [-0.05, 0) is 29.8 Å². The third kappa shape index (κ3) is 4.19. The van der Waals surface area contributed by atoms with Gasteiger partial charge >= 0.3 is 0 Å². The molecule has 0 bridgehead atoms. The van der Waals surface area contributed by atoms with Gasteiger partial charge in [-0.25, -0.2) is 15.0 Å². The number of aliphatic hydroxyl groups is 1. The van der Waals surface area contributed by atoms with Crippen molar-refractivity contribution >= 4 is 39.9 Å². The van der Waals surface area contributed by atoms with Gasteiger partial charge in [0.25, 0.3) is 0 Å². The number of nitrogens with zero attached hydrogens (tertiary/aromatic N) is 4. The number of ether oxygens (including phenoxy) is 1. The summed E-state index contributed by atoms with van der Waals surface area (Å²) in [6.45, 7) is 4.49. The van der Waals surface area contributed by atoms with E-state index in [9.17, 15) is 9.90 Å². The van der Waals surface area contributed by atoms with Crippen LogP contribution >= 0.6 is 11.6 Å². The lowest BCUT2D eigenvalue weighted by atomic mass is 10.2. The molecule has 1 aromatic carbocycles. The Balaban J connectivity index is 1.57. The van der Waals surface area contributed by atoms with E-state index >= 15 is 0 Å². The zero-order chi connectivity index (χ0) is 21.1. The molecule has 1 amide bonds. The van der Waals surface area contributed by atoms with Crippen molar-refractivity contribution < 1.29 is 14.6 Å². The first-order valence-electron chi connectivity index (χ1n) is 9.42. The van der Waals surface area contributed by atoms with Crippen LogP contribution in [-0.4, -0.2) is 50.1 Å².